The van der Waals surface area contributed by atoms with Gasteiger partial charge in [0.1, 0.15) is 19.3 Å². The molecule has 0 radical (unpaired) electrons. The standard InChI is InChI=1S/C84H160O17P2/c1-6-9-12-15-18-21-24-27-30-32-33-34-35-36-37-40-43-46-49-54-60-65-70-83(88)100-79(73-94-81(86)67-62-57-52-47-44-41-39-31-28-25-22-19-16-13-10-7-2)75-98-102(90,91)96-71-78(85)72-97-103(92,93)99-76-80(74-95-82(87)68-63-58-55-50-51-56-61-66-77(4)5)101-84(89)69-64-59-53-48-45-42-38-29-26-23-20-17-14-11-8-3/h23,26,29,38,77-80,85H,6-22,24-25,27-28,30-37,39-76H2,1-5H3,(H,90,91)(H,92,93)/b26-23-,38-29-/t78-,79-,80-/m1/s1. The highest BCUT2D eigenvalue weighted by molar-refractivity contribution is 7.47. The van der Waals surface area contributed by atoms with Gasteiger partial charge in [-0.1, -0.05) is 374 Å². The van der Waals surface area contributed by atoms with Gasteiger partial charge in [-0.25, -0.2) is 9.13 Å². The molecule has 0 aromatic carbocycles. The Morgan fingerprint density at radius 1 is 0.301 bits per heavy atom. The zero-order valence-corrected chi connectivity index (χ0v) is 68.7. The lowest BCUT2D eigenvalue weighted by molar-refractivity contribution is -0.161. The number of carbonyl (C=O) groups is 4. The van der Waals surface area contributed by atoms with Crippen LogP contribution in [0.25, 0.3) is 0 Å². The number of phosphoric acid groups is 2. The molecule has 0 rings (SSSR count). The fraction of sp³-hybridized carbons (Fsp3) is 0.905. The molecule has 0 aliphatic rings. The molecule has 0 saturated carbocycles. The second-order valence-corrected chi connectivity index (χ2v) is 32.9. The minimum Gasteiger partial charge on any atom is -0.462 e. The molecule has 0 aliphatic heterocycles. The van der Waals surface area contributed by atoms with Gasteiger partial charge in [-0.15, -0.1) is 0 Å². The van der Waals surface area contributed by atoms with Crippen LogP contribution in [-0.2, 0) is 65.4 Å². The number of allylic oxidation sites excluding steroid dienone is 4. The van der Waals surface area contributed by atoms with Crippen molar-refractivity contribution in [3.63, 3.8) is 0 Å². The fourth-order valence-electron chi connectivity index (χ4n) is 12.6. The van der Waals surface area contributed by atoms with Gasteiger partial charge in [0.05, 0.1) is 26.4 Å². The van der Waals surface area contributed by atoms with E-state index in [4.69, 9.17) is 37.0 Å². The molecule has 19 heteroatoms. The van der Waals surface area contributed by atoms with Crippen LogP contribution in [0.1, 0.15) is 426 Å². The number of ether oxygens (including phenoxy) is 4. The maximum atomic E-state index is 13.1. The highest BCUT2D eigenvalue weighted by Crippen LogP contribution is 2.45. The molecule has 2 unspecified atom stereocenters. The van der Waals surface area contributed by atoms with Crippen LogP contribution >= 0.6 is 15.6 Å². The maximum Gasteiger partial charge on any atom is 0.472 e. The van der Waals surface area contributed by atoms with Crippen molar-refractivity contribution >= 4 is 39.5 Å². The Morgan fingerprint density at radius 2 is 0.524 bits per heavy atom. The topological polar surface area (TPSA) is 237 Å². The minimum atomic E-state index is -4.97. The Kier molecular flexibility index (Phi) is 74.5. The lowest BCUT2D eigenvalue weighted by atomic mass is 10.0. The van der Waals surface area contributed by atoms with Gasteiger partial charge in [0.2, 0.25) is 0 Å². The molecule has 0 amide bonds. The second kappa shape index (κ2) is 76.3. The van der Waals surface area contributed by atoms with E-state index in [0.29, 0.717) is 31.6 Å². The van der Waals surface area contributed by atoms with Crippen LogP contribution in [0.4, 0.5) is 0 Å². The summed E-state index contributed by atoms with van der Waals surface area (Å²) in [5.74, 6) is -1.43. The summed E-state index contributed by atoms with van der Waals surface area (Å²) in [7, 11) is -9.94. The molecule has 103 heavy (non-hydrogen) atoms. The van der Waals surface area contributed by atoms with Crippen LogP contribution in [0.2, 0.25) is 0 Å². The summed E-state index contributed by atoms with van der Waals surface area (Å²) in [6.07, 6.45) is 71.8. The van der Waals surface area contributed by atoms with Crippen molar-refractivity contribution in [2.24, 2.45) is 5.92 Å². The largest absolute Gasteiger partial charge is 0.472 e. The summed E-state index contributed by atoms with van der Waals surface area (Å²) >= 11 is 0. The number of rotatable bonds is 82. The number of aliphatic hydroxyl groups is 1. The van der Waals surface area contributed by atoms with Crippen LogP contribution in [0, 0.1) is 5.92 Å². The van der Waals surface area contributed by atoms with Crippen LogP contribution in [0.15, 0.2) is 24.3 Å². The normalized spacial score (nSPS) is 14.0. The number of unbranched alkanes of at least 4 members (excludes halogenated alkanes) is 51. The highest BCUT2D eigenvalue weighted by Gasteiger charge is 2.30. The summed E-state index contributed by atoms with van der Waals surface area (Å²) in [6.45, 7) is 7.22. The zero-order valence-electron chi connectivity index (χ0n) is 66.9. The Morgan fingerprint density at radius 3 is 0.796 bits per heavy atom. The molecule has 608 valence electrons. The second-order valence-electron chi connectivity index (χ2n) is 30.0. The van der Waals surface area contributed by atoms with E-state index in [9.17, 15) is 43.2 Å². The number of hydrogen-bond donors (Lipinski definition) is 3. The molecule has 0 bridgehead atoms. The van der Waals surface area contributed by atoms with Crippen LogP contribution < -0.4 is 0 Å². The average Bonchev–Trinajstić information content (AvgIpc) is 0.944. The molecule has 0 heterocycles. The minimum absolute atomic E-state index is 0.0847. The predicted molar refractivity (Wildman–Crippen MR) is 423 cm³/mol. The zero-order chi connectivity index (χ0) is 75.5. The van der Waals surface area contributed by atoms with Crippen molar-refractivity contribution in [1.29, 1.82) is 0 Å². The molecule has 0 aliphatic carbocycles. The quantitative estimate of drug-likeness (QED) is 0.0169. The molecule has 3 N–H and O–H groups in total. The van der Waals surface area contributed by atoms with E-state index >= 15 is 0 Å². The average molecular weight is 1500 g/mol. The van der Waals surface area contributed by atoms with Crippen LogP contribution in [0.3, 0.4) is 0 Å². The van der Waals surface area contributed by atoms with Gasteiger partial charge in [0.15, 0.2) is 12.2 Å². The SMILES string of the molecule is CCCCCC/C=C\C=C/CCCCCCCC(=O)O[C@H](COC(=O)CCCCCCCCCC(C)C)COP(=O)(O)OC[C@H](O)COP(=O)(O)OC[C@@H](COC(=O)CCCCCCCCCCCCCCCCCC)OC(=O)CCCCCCCCCCCCCCCCCCCCCCCC. The van der Waals surface area contributed by atoms with E-state index in [1.54, 1.807) is 0 Å². The first-order valence-corrected chi connectivity index (χ1v) is 45.9. The van der Waals surface area contributed by atoms with E-state index in [2.05, 4.69) is 58.9 Å². The third kappa shape index (κ3) is 77.5. The summed E-state index contributed by atoms with van der Waals surface area (Å²) in [5.41, 5.74) is 0. The van der Waals surface area contributed by atoms with E-state index in [0.717, 1.165) is 109 Å². The number of esters is 4. The Hall–Kier alpha value is -2.46. The van der Waals surface area contributed by atoms with E-state index in [1.807, 2.05) is 0 Å². The lowest BCUT2D eigenvalue weighted by Crippen LogP contribution is -2.30. The third-order valence-corrected chi connectivity index (χ3v) is 21.1. The maximum absolute atomic E-state index is 13.1. The molecule has 0 saturated heterocycles. The van der Waals surface area contributed by atoms with Gasteiger partial charge < -0.3 is 33.8 Å². The molecule has 0 aromatic heterocycles. The van der Waals surface area contributed by atoms with Crippen LogP contribution in [-0.4, -0.2) is 96.7 Å². The molecule has 17 nitrogen and oxygen atoms in total. The Balaban J connectivity index is 5.24. The predicted octanol–water partition coefficient (Wildman–Crippen LogP) is 25.1. The number of carbonyl (C=O) groups excluding carboxylic acids is 4. The van der Waals surface area contributed by atoms with Crippen molar-refractivity contribution < 1.29 is 80.2 Å². The Bertz CT molecular complexity index is 2060. The molecular weight excluding hydrogens is 1340 g/mol. The molecule has 5 atom stereocenters. The van der Waals surface area contributed by atoms with Gasteiger partial charge in [0, 0.05) is 25.7 Å². The summed E-state index contributed by atoms with van der Waals surface area (Å²) < 4.78 is 68.7. The van der Waals surface area contributed by atoms with E-state index in [1.165, 1.54) is 231 Å². The third-order valence-electron chi connectivity index (χ3n) is 19.2. The number of hydrogen-bond acceptors (Lipinski definition) is 15. The lowest BCUT2D eigenvalue weighted by Gasteiger charge is -2.21. The number of aliphatic hydroxyl groups excluding tert-OH is 1. The van der Waals surface area contributed by atoms with Gasteiger partial charge >= 0.3 is 39.5 Å². The summed E-state index contributed by atoms with van der Waals surface area (Å²) in [4.78, 5) is 73.1. The number of phosphoric ester groups is 2. The molecular formula is C84H160O17P2. The first-order valence-electron chi connectivity index (χ1n) is 43.0. The fourth-order valence-corrected chi connectivity index (χ4v) is 14.2. The summed E-state index contributed by atoms with van der Waals surface area (Å²) in [5, 5.41) is 10.7. The Labute approximate surface area is 631 Å². The van der Waals surface area contributed by atoms with E-state index < -0.39 is 97.5 Å². The summed E-state index contributed by atoms with van der Waals surface area (Å²) in [6, 6.07) is 0. The molecule has 0 spiro atoms. The van der Waals surface area contributed by atoms with Crippen molar-refractivity contribution in [1.82, 2.24) is 0 Å². The van der Waals surface area contributed by atoms with Crippen molar-refractivity contribution in [2.45, 2.75) is 445 Å². The van der Waals surface area contributed by atoms with E-state index in [-0.39, 0.29) is 25.7 Å². The van der Waals surface area contributed by atoms with Crippen LogP contribution in [0.5, 0.6) is 0 Å². The smallest absolute Gasteiger partial charge is 0.462 e. The van der Waals surface area contributed by atoms with Gasteiger partial charge in [-0.2, -0.15) is 0 Å². The molecule has 0 aromatic rings. The monoisotopic (exact) mass is 1500 g/mol. The first-order chi connectivity index (χ1) is 50.0. The molecule has 0 fully saturated rings. The first kappa shape index (κ1) is 101. The van der Waals surface area contributed by atoms with Gasteiger partial charge in [0.25, 0.3) is 0 Å². The highest BCUT2D eigenvalue weighted by atomic mass is 31.2. The van der Waals surface area contributed by atoms with Gasteiger partial charge in [-0.3, -0.25) is 37.3 Å². The van der Waals surface area contributed by atoms with Crippen molar-refractivity contribution in [3.05, 3.63) is 24.3 Å². The van der Waals surface area contributed by atoms with Crippen molar-refractivity contribution in [3.8, 4) is 0 Å². The van der Waals surface area contributed by atoms with Crippen molar-refractivity contribution in [2.75, 3.05) is 39.6 Å². The van der Waals surface area contributed by atoms with Gasteiger partial charge in [-0.05, 0) is 57.3 Å².